The highest BCUT2D eigenvalue weighted by Gasteiger charge is 2.21. The molecule has 0 atom stereocenters. The van der Waals surface area contributed by atoms with Gasteiger partial charge >= 0.3 is 0 Å². The first kappa shape index (κ1) is 15.7. The first-order valence-electron chi connectivity index (χ1n) is 6.72. The van der Waals surface area contributed by atoms with Crippen LogP contribution in [0, 0.1) is 0 Å². The lowest BCUT2D eigenvalue weighted by atomic mass is 10.2. The molecule has 0 bridgehead atoms. The summed E-state index contributed by atoms with van der Waals surface area (Å²) in [5.74, 6) is 0.140. The molecule has 2 N–H and O–H groups in total. The van der Waals surface area contributed by atoms with Crippen LogP contribution in [0.5, 0.6) is 5.75 Å². The van der Waals surface area contributed by atoms with Crippen molar-refractivity contribution in [3.8, 4) is 5.75 Å². The number of ether oxygens (including phenoxy) is 1. The number of benzene rings is 2. The Morgan fingerprint density at radius 1 is 1.22 bits per heavy atom. The Morgan fingerprint density at radius 3 is 2.78 bits per heavy atom. The number of hydrogen-bond donors (Lipinski definition) is 2. The largest absolute Gasteiger partial charge is 0.482 e. The fourth-order valence-corrected chi connectivity index (χ4v) is 3.89. The zero-order valence-electron chi connectivity index (χ0n) is 12.2. The van der Waals surface area contributed by atoms with Gasteiger partial charge in [0, 0.05) is 4.90 Å². The van der Waals surface area contributed by atoms with Crippen molar-refractivity contribution in [1.29, 1.82) is 0 Å². The quantitative estimate of drug-likeness (QED) is 0.828. The Bertz CT molecular complexity index is 866. The van der Waals surface area contributed by atoms with E-state index in [2.05, 4.69) is 10.0 Å². The van der Waals surface area contributed by atoms with Crippen molar-refractivity contribution in [2.24, 2.45) is 0 Å². The highest BCUT2D eigenvalue weighted by atomic mass is 32.2. The van der Waals surface area contributed by atoms with Crippen LogP contribution in [0.15, 0.2) is 52.3 Å². The number of rotatable bonds is 4. The lowest BCUT2D eigenvalue weighted by Crippen LogP contribution is -2.25. The number of anilines is 2. The van der Waals surface area contributed by atoms with Crippen molar-refractivity contribution in [2.75, 3.05) is 22.9 Å². The number of carbonyl (C=O) groups excluding carboxylic acids is 1. The van der Waals surface area contributed by atoms with Crippen LogP contribution in [0.1, 0.15) is 0 Å². The molecule has 2 aromatic rings. The molecule has 1 aliphatic rings. The van der Waals surface area contributed by atoms with Crippen LogP contribution in [-0.2, 0) is 14.8 Å². The molecule has 8 heteroatoms. The molecule has 1 heterocycles. The van der Waals surface area contributed by atoms with Gasteiger partial charge in [-0.1, -0.05) is 12.1 Å². The van der Waals surface area contributed by atoms with E-state index in [-0.39, 0.29) is 17.4 Å². The zero-order valence-corrected chi connectivity index (χ0v) is 13.8. The van der Waals surface area contributed by atoms with Crippen LogP contribution < -0.4 is 14.8 Å². The minimum absolute atomic E-state index is 0.0537. The molecule has 0 fully saturated rings. The van der Waals surface area contributed by atoms with Crippen molar-refractivity contribution in [3.63, 3.8) is 0 Å². The summed E-state index contributed by atoms with van der Waals surface area (Å²) in [7, 11) is -3.77. The van der Waals surface area contributed by atoms with E-state index in [1.54, 1.807) is 12.1 Å². The molecule has 2 aromatic carbocycles. The number of para-hydroxylation sites is 1. The first-order valence-corrected chi connectivity index (χ1v) is 9.43. The Hall–Kier alpha value is -2.19. The number of sulfonamides is 1. The summed E-state index contributed by atoms with van der Waals surface area (Å²) in [5.41, 5.74) is 0.861. The van der Waals surface area contributed by atoms with Gasteiger partial charge in [-0.3, -0.25) is 9.52 Å². The Kier molecular flexibility index (Phi) is 4.18. The van der Waals surface area contributed by atoms with Crippen molar-refractivity contribution in [1.82, 2.24) is 0 Å². The van der Waals surface area contributed by atoms with Gasteiger partial charge in [0.25, 0.3) is 15.9 Å². The highest BCUT2D eigenvalue weighted by molar-refractivity contribution is 7.99. The summed E-state index contributed by atoms with van der Waals surface area (Å²) in [6, 6.07) is 11.5. The predicted molar refractivity (Wildman–Crippen MR) is 89.6 cm³/mol. The molecule has 0 saturated heterocycles. The maximum absolute atomic E-state index is 12.6. The number of carbonyl (C=O) groups is 1. The molecule has 3 rings (SSSR count). The number of amides is 1. The molecule has 0 saturated carbocycles. The predicted octanol–water partition coefficient (Wildman–Crippen LogP) is 2.54. The maximum atomic E-state index is 12.6. The molecule has 23 heavy (non-hydrogen) atoms. The highest BCUT2D eigenvalue weighted by Crippen LogP contribution is 2.32. The summed E-state index contributed by atoms with van der Waals surface area (Å²) in [5, 5.41) is 2.60. The molecule has 6 nitrogen and oxygen atoms in total. The van der Waals surface area contributed by atoms with E-state index < -0.39 is 10.0 Å². The van der Waals surface area contributed by atoms with E-state index in [1.807, 2.05) is 18.4 Å². The van der Waals surface area contributed by atoms with E-state index in [0.717, 1.165) is 4.90 Å². The normalized spacial score (nSPS) is 13.7. The number of thioether (sulfide) groups is 1. The molecule has 0 unspecified atom stereocenters. The van der Waals surface area contributed by atoms with Crippen LogP contribution >= 0.6 is 11.8 Å². The van der Waals surface area contributed by atoms with E-state index >= 15 is 0 Å². The summed E-state index contributed by atoms with van der Waals surface area (Å²) in [6.45, 7) is -0.0710. The first-order chi connectivity index (χ1) is 11.0. The third-order valence-electron chi connectivity index (χ3n) is 3.25. The number of hydrogen-bond acceptors (Lipinski definition) is 5. The van der Waals surface area contributed by atoms with Gasteiger partial charge in [0.05, 0.1) is 16.3 Å². The van der Waals surface area contributed by atoms with Gasteiger partial charge in [-0.2, -0.15) is 0 Å². The average molecular weight is 350 g/mol. The van der Waals surface area contributed by atoms with Gasteiger partial charge in [0.2, 0.25) is 0 Å². The van der Waals surface area contributed by atoms with E-state index in [1.165, 1.54) is 30.0 Å². The molecule has 0 aromatic heterocycles. The van der Waals surface area contributed by atoms with Crippen molar-refractivity contribution in [3.05, 3.63) is 42.5 Å². The average Bonchev–Trinajstić information content (AvgIpc) is 2.54. The van der Waals surface area contributed by atoms with Crippen molar-refractivity contribution < 1.29 is 17.9 Å². The SMILES string of the molecule is CSc1ccccc1NS(=O)(=O)c1ccc2c(c1)NC(=O)CO2. The fraction of sp³-hybridized carbons (Fsp3) is 0.133. The lowest BCUT2D eigenvalue weighted by molar-refractivity contribution is -0.118. The number of fused-ring (bicyclic) bond motifs is 1. The topological polar surface area (TPSA) is 84.5 Å². The minimum atomic E-state index is -3.77. The second-order valence-corrected chi connectivity index (χ2v) is 7.33. The van der Waals surface area contributed by atoms with Crippen LogP contribution in [0.25, 0.3) is 0 Å². The summed E-state index contributed by atoms with van der Waals surface area (Å²) in [4.78, 5) is 12.2. The second kappa shape index (κ2) is 6.13. The van der Waals surface area contributed by atoms with E-state index in [4.69, 9.17) is 4.74 Å². The Balaban J connectivity index is 1.94. The Labute approximate surface area is 138 Å². The lowest BCUT2D eigenvalue weighted by Gasteiger charge is -2.19. The molecule has 120 valence electrons. The second-order valence-electron chi connectivity index (χ2n) is 4.80. The smallest absolute Gasteiger partial charge is 0.262 e. The van der Waals surface area contributed by atoms with Crippen LogP contribution in [0.2, 0.25) is 0 Å². The third-order valence-corrected chi connectivity index (χ3v) is 5.40. The third kappa shape index (κ3) is 3.27. The van der Waals surface area contributed by atoms with E-state index in [9.17, 15) is 13.2 Å². The summed E-state index contributed by atoms with van der Waals surface area (Å²) in [6.07, 6.45) is 1.87. The monoisotopic (exact) mass is 350 g/mol. The molecule has 0 aliphatic carbocycles. The molecule has 0 spiro atoms. The van der Waals surface area contributed by atoms with Gasteiger partial charge in [-0.15, -0.1) is 11.8 Å². The van der Waals surface area contributed by atoms with Gasteiger partial charge < -0.3 is 10.1 Å². The molecule has 0 radical (unpaired) electrons. The van der Waals surface area contributed by atoms with Crippen LogP contribution in [0.4, 0.5) is 11.4 Å². The van der Waals surface area contributed by atoms with E-state index in [0.29, 0.717) is 17.1 Å². The molecule has 1 amide bonds. The number of nitrogens with one attached hydrogen (secondary N) is 2. The van der Waals surface area contributed by atoms with Crippen molar-refractivity contribution >= 4 is 39.1 Å². The summed E-state index contributed by atoms with van der Waals surface area (Å²) >= 11 is 1.45. The maximum Gasteiger partial charge on any atom is 0.262 e. The van der Waals surface area contributed by atoms with Crippen LogP contribution in [0.3, 0.4) is 0 Å². The van der Waals surface area contributed by atoms with Crippen LogP contribution in [-0.4, -0.2) is 27.2 Å². The standard InChI is InChI=1S/C15H14N2O4S2/c1-22-14-5-3-2-4-11(14)17-23(19,20)10-6-7-13-12(8-10)16-15(18)9-21-13/h2-8,17H,9H2,1H3,(H,16,18). The molecular formula is C15H14N2O4S2. The summed E-state index contributed by atoms with van der Waals surface area (Å²) < 4.78 is 32.9. The van der Waals surface area contributed by atoms with Crippen molar-refractivity contribution in [2.45, 2.75) is 9.79 Å². The minimum Gasteiger partial charge on any atom is -0.482 e. The van der Waals surface area contributed by atoms with Gasteiger partial charge in [-0.25, -0.2) is 8.42 Å². The van der Waals surface area contributed by atoms with Gasteiger partial charge in [0.15, 0.2) is 6.61 Å². The molecule has 1 aliphatic heterocycles. The molecular weight excluding hydrogens is 336 g/mol. The Morgan fingerprint density at radius 2 is 2.00 bits per heavy atom. The zero-order chi connectivity index (χ0) is 16.4. The van der Waals surface area contributed by atoms with Gasteiger partial charge in [-0.05, 0) is 36.6 Å². The van der Waals surface area contributed by atoms with Gasteiger partial charge in [0.1, 0.15) is 5.75 Å². The fourth-order valence-electron chi connectivity index (χ4n) is 2.16.